The van der Waals surface area contributed by atoms with Crippen molar-refractivity contribution < 1.29 is 0 Å². The maximum absolute atomic E-state index is 2.54. The molecule has 0 unspecified atom stereocenters. The van der Waals surface area contributed by atoms with Gasteiger partial charge in [0.25, 0.3) is 0 Å². The summed E-state index contributed by atoms with van der Waals surface area (Å²) in [6, 6.07) is 14.1. The maximum atomic E-state index is 2.54. The third-order valence-corrected chi connectivity index (χ3v) is 9.29. The molecule has 0 fully saturated rings. The molecule has 1 aliphatic heterocycles. The monoisotopic (exact) mass is 304 g/mol. The first-order valence-electron chi connectivity index (χ1n) is 8.56. The summed E-state index contributed by atoms with van der Waals surface area (Å²) in [5.74, 6) is 0. The van der Waals surface area contributed by atoms with Crippen LogP contribution in [0.3, 0.4) is 0 Å². The Labute approximate surface area is 134 Å². The van der Waals surface area contributed by atoms with Gasteiger partial charge in [0.2, 0.25) is 0 Å². The topological polar surface area (TPSA) is 0 Å². The van der Waals surface area contributed by atoms with E-state index in [9.17, 15) is 0 Å². The fourth-order valence-corrected chi connectivity index (χ4v) is 8.22. The van der Waals surface area contributed by atoms with Crippen molar-refractivity contribution in [3.63, 3.8) is 0 Å². The SMILES string of the molecule is CCC1=C2c3c(ccc(c3-c3ccc(CC)cc3)[Si]2(C)C)C1. The van der Waals surface area contributed by atoms with Crippen LogP contribution in [0.25, 0.3) is 16.3 Å². The van der Waals surface area contributed by atoms with Gasteiger partial charge in [0.15, 0.2) is 0 Å². The molecule has 22 heavy (non-hydrogen) atoms. The lowest BCUT2D eigenvalue weighted by molar-refractivity contribution is 1.04. The van der Waals surface area contributed by atoms with E-state index in [0.717, 1.165) is 6.42 Å². The smallest absolute Gasteiger partial charge is 0.0658 e. The Balaban J connectivity index is 1.99. The standard InChI is InChI=1S/C21H24Si/c1-5-14-7-9-16(10-8-14)19-18-12-11-17-13-15(6-2)21(20(17)19)22(18,3)4/h7-12H,5-6,13H2,1-4H3. The Morgan fingerprint density at radius 3 is 2.23 bits per heavy atom. The van der Waals surface area contributed by atoms with Gasteiger partial charge in [-0.2, -0.15) is 0 Å². The molecule has 0 atom stereocenters. The van der Waals surface area contributed by atoms with Crippen molar-refractivity contribution in [1.82, 2.24) is 0 Å². The summed E-state index contributed by atoms with van der Waals surface area (Å²) >= 11 is 0. The molecule has 2 aromatic carbocycles. The Bertz CT molecular complexity index is 791. The van der Waals surface area contributed by atoms with Gasteiger partial charge in [-0.25, -0.2) is 0 Å². The molecular weight excluding hydrogens is 280 g/mol. The van der Waals surface area contributed by atoms with E-state index in [4.69, 9.17) is 0 Å². The van der Waals surface area contributed by atoms with E-state index < -0.39 is 8.07 Å². The number of hydrogen-bond donors (Lipinski definition) is 0. The minimum atomic E-state index is -1.50. The van der Waals surface area contributed by atoms with Crippen molar-refractivity contribution in [3.05, 3.63) is 58.7 Å². The number of fused-ring (bicyclic) bond motifs is 1. The second kappa shape index (κ2) is 4.69. The summed E-state index contributed by atoms with van der Waals surface area (Å²) in [4.78, 5) is 0. The van der Waals surface area contributed by atoms with Gasteiger partial charge < -0.3 is 0 Å². The van der Waals surface area contributed by atoms with Crippen LogP contribution in [-0.2, 0) is 12.8 Å². The van der Waals surface area contributed by atoms with Gasteiger partial charge in [-0.15, -0.1) is 0 Å². The molecule has 1 heterocycles. The zero-order valence-corrected chi connectivity index (χ0v) is 15.1. The molecule has 0 N–H and O–H groups in total. The van der Waals surface area contributed by atoms with Crippen molar-refractivity contribution >= 4 is 18.5 Å². The summed E-state index contributed by atoms with van der Waals surface area (Å²) in [6.07, 6.45) is 3.52. The number of hydrogen-bond acceptors (Lipinski definition) is 0. The van der Waals surface area contributed by atoms with Crippen LogP contribution >= 0.6 is 0 Å². The Morgan fingerprint density at radius 2 is 1.59 bits per heavy atom. The molecule has 0 nitrogen and oxygen atoms in total. The second-order valence-corrected chi connectivity index (χ2v) is 11.5. The molecule has 0 saturated heterocycles. The highest BCUT2D eigenvalue weighted by molar-refractivity contribution is 7.07. The lowest BCUT2D eigenvalue weighted by atomic mass is 9.96. The van der Waals surface area contributed by atoms with Crippen LogP contribution in [0.5, 0.6) is 0 Å². The molecule has 4 rings (SSSR count). The minimum Gasteiger partial charge on any atom is -0.0658 e. The minimum absolute atomic E-state index is 1.12. The van der Waals surface area contributed by atoms with E-state index in [1.165, 1.54) is 24.0 Å². The van der Waals surface area contributed by atoms with Crippen molar-refractivity contribution in [2.24, 2.45) is 0 Å². The molecule has 2 aliphatic rings. The molecular formula is C21H24Si. The van der Waals surface area contributed by atoms with Gasteiger partial charge >= 0.3 is 0 Å². The molecule has 112 valence electrons. The van der Waals surface area contributed by atoms with Gasteiger partial charge in [-0.1, -0.05) is 68.9 Å². The highest BCUT2D eigenvalue weighted by atomic mass is 28.3. The molecule has 2 bridgehead atoms. The molecule has 0 saturated carbocycles. The normalized spacial score (nSPS) is 17.5. The zero-order chi connectivity index (χ0) is 15.5. The highest BCUT2D eigenvalue weighted by Gasteiger charge is 2.45. The van der Waals surface area contributed by atoms with Crippen LogP contribution in [0, 0.1) is 0 Å². The summed E-state index contributed by atoms with van der Waals surface area (Å²) in [6.45, 7) is 9.63. The van der Waals surface area contributed by atoms with Crippen LogP contribution in [0.4, 0.5) is 0 Å². The van der Waals surface area contributed by atoms with Crippen molar-refractivity contribution in [2.75, 3.05) is 0 Å². The number of aryl methyl sites for hydroxylation is 1. The largest absolute Gasteiger partial charge is 0.113 e. The lowest BCUT2D eigenvalue weighted by Crippen LogP contribution is -2.39. The molecule has 0 amide bonds. The number of allylic oxidation sites excluding steroid dienone is 1. The summed E-state index contributed by atoms with van der Waals surface area (Å²) < 4.78 is 0. The predicted octanol–water partition coefficient (Wildman–Crippen LogP) is 5.10. The predicted molar refractivity (Wildman–Crippen MR) is 99.3 cm³/mol. The summed E-state index contributed by atoms with van der Waals surface area (Å²) in [5.41, 5.74) is 9.33. The fourth-order valence-electron chi connectivity index (χ4n) is 4.49. The van der Waals surface area contributed by atoms with Crippen LogP contribution in [0.2, 0.25) is 13.1 Å². The quantitative estimate of drug-likeness (QED) is 0.692. The van der Waals surface area contributed by atoms with E-state index in [2.05, 4.69) is 63.3 Å². The van der Waals surface area contributed by atoms with E-state index in [0.29, 0.717) is 0 Å². The fraction of sp³-hybridized carbons (Fsp3) is 0.333. The van der Waals surface area contributed by atoms with E-state index >= 15 is 0 Å². The Hall–Kier alpha value is -1.60. The van der Waals surface area contributed by atoms with Gasteiger partial charge in [0.05, 0.1) is 0 Å². The summed E-state index contributed by atoms with van der Waals surface area (Å²) in [7, 11) is -1.50. The highest BCUT2D eigenvalue weighted by Crippen LogP contribution is 2.49. The molecule has 0 spiro atoms. The molecule has 2 aromatic rings. The van der Waals surface area contributed by atoms with Crippen LogP contribution < -0.4 is 5.19 Å². The van der Waals surface area contributed by atoms with Crippen molar-refractivity contribution in [2.45, 2.75) is 46.2 Å². The Morgan fingerprint density at radius 1 is 0.864 bits per heavy atom. The lowest BCUT2D eigenvalue weighted by Gasteiger charge is -2.21. The average Bonchev–Trinajstić information content (AvgIpc) is 2.99. The van der Waals surface area contributed by atoms with Crippen LogP contribution in [0.1, 0.15) is 37.0 Å². The first-order valence-corrected chi connectivity index (χ1v) is 11.6. The van der Waals surface area contributed by atoms with Crippen LogP contribution in [-0.4, -0.2) is 8.07 Å². The molecule has 1 heteroatoms. The van der Waals surface area contributed by atoms with Gasteiger partial charge in [0, 0.05) is 0 Å². The third-order valence-electron chi connectivity index (χ3n) is 5.68. The molecule has 1 aliphatic carbocycles. The Kier molecular flexibility index (Phi) is 2.99. The summed E-state index contributed by atoms with van der Waals surface area (Å²) in [5, 5.41) is 3.41. The van der Waals surface area contributed by atoms with E-state index in [1.807, 2.05) is 0 Å². The number of benzene rings is 2. The second-order valence-electron chi connectivity index (χ2n) is 7.21. The van der Waals surface area contributed by atoms with Gasteiger partial charge in [0.1, 0.15) is 8.07 Å². The zero-order valence-electron chi connectivity index (χ0n) is 14.1. The first-order chi connectivity index (χ1) is 10.6. The number of rotatable bonds is 3. The van der Waals surface area contributed by atoms with E-state index in [1.54, 1.807) is 32.6 Å². The van der Waals surface area contributed by atoms with E-state index in [-0.39, 0.29) is 0 Å². The van der Waals surface area contributed by atoms with Crippen molar-refractivity contribution in [3.8, 4) is 11.1 Å². The van der Waals surface area contributed by atoms with Crippen molar-refractivity contribution in [1.29, 1.82) is 0 Å². The van der Waals surface area contributed by atoms with Gasteiger partial charge in [-0.05, 0) is 57.5 Å². The first kappa shape index (κ1) is 14.0. The maximum Gasteiger partial charge on any atom is 0.113 e. The van der Waals surface area contributed by atoms with Gasteiger partial charge in [-0.3, -0.25) is 0 Å². The third kappa shape index (κ3) is 1.69. The average molecular weight is 305 g/mol. The van der Waals surface area contributed by atoms with Crippen LogP contribution in [0.15, 0.2) is 42.0 Å². The molecule has 0 radical (unpaired) electrons. The molecule has 0 aromatic heterocycles.